The maximum Gasteiger partial charge on any atom is 0.262 e. The summed E-state index contributed by atoms with van der Waals surface area (Å²) >= 11 is 0. The molecule has 10 nitrogen and oxygen atoms in total. The van der Waals surface area contributed by atoms with Gasteiger partial charge in [-0.25, -0.2) is 0 Å². The van der Waals surface area contributed by atoms with E-state index in [-0.39, 0.29) is 16.9 Å². The quantitative estimate of drug-likeness (QED) is 0.628. The molecular formula is C16H12N6O4. The lowest BCUT2D eigenvalue weighted by Gasteiger charge is -2.16. The van der Waals surface area contributed by atoms with Crippen molar-refractivity contribution < 1.29 is 14.3 Å². The summed E-state index contributed by atoms with van der Waals surface area (Å²) in [7, 11) is 1.45. The number of methoxy groups -OCH3 is 1. The maximum absolute atomic E-state index is 12.6. The van der Waals surface area contributed by atoms with E-state index < -0.39 is 17.4 Å². The van der Waals surface area contributed by atoms with Gasteiger partial charge in [-0.05, 0) is 18.2 Å². The Morgan fingerprint density at radius 3 is 2.50 bits per heavy atom. The average molecular weight is 352 g/mol. The van der Waals surface area contributed by atoms with Gasteiger partial charge in [0.05, 0.1) is 29.6 Å². The van der Waals surface area contributed by atoms with Crippen LogP contribution in [0.4, 0.5) is 5.82 Å². The SMILES string of the molecule is COc1ccc(-n2cnnc2)cc1-n1c(N)c2c(cc1=O)C(=O)NC2=O. The van der Waals surface area contributed by atoms with Crippen molar-refractivity contribution in [3.05, 3.63) is 58.4 Å². The van der Waals surface area contributed by atoms with Crippen molar-refractivity contribution in [2.75, 3.05) is 12.8 Å². The minimum Gasteiger partial charge on any atom is -0.495 e. The van der Waals surface area contributed by atoms with E-state index in [1.54, 1.807) is 22.8 Å². The predicted molar refractivity (Wildman–Crippen MR) is 89.7 cm³/mol. The Morgan fingerprint density at radius 1 is 1.08 bits per heavy atom. The smallest absolute Gasteiger partial charge is 0.262 e. The molecule has 0 radical (unpaired) electrons. The molecule has 1 aromatic carbocycles. The number of pyridine rings is 1. The topological polar surface area (TPSA) is 134 Å². The van der Waals surface area contributed by atoms with Crippen molar-refractivity contribution >= 4 is 17.6 Å². The number of nitrogens with zero attached hydrogens (tertiary/aromatic N) is 4. The monoisotopic (exact) mass is 352 g/mol. The van der Waals surface area contributed by atoms with Crippen LogP contribution in [0.5, 0.6) is 5.75 Å². The Morgan fingerprint density at radius 2 is 1.81 bits per heavy atom. The number of hydrogen-bond donors (Lipinski definition) is 2. The summed E-state index contributed by atoms with van der Waals surface area (Å²) in [6.45, 7) is 0. The summed E-state index contributed by atoms with van der Waals surface area (Å²) in [6, 6.07) is 6.11. The molecule has 4 rings (SSSR count). The molecule has 3 heterocycles. The first-order valence-electron chi connectivity index (χ1n) is 7.46. The van der Waals surface area contributed by atoms with Crippen molar-refractivity contribution in [2.45, 2.75) is 0 Å². The third-order valence-electron chi connectivity index (χ3n) is 4.07. The van der Waals surface area contributed by atoms with Gasteiger partial charge in [-0.15, -0.1) is 10.2 Å². The first-order valence-corrected chi connectivity index (χ1v) is 7.46. The summed E-state index contributed by atoms with van der Waals surface area (Å²) < 4.78 is 8.09. The van der Waals surface area contributed by atoms with Crippen molar-refractivity contribution in [3.63, 3.8) is 0 Å². The van der Waals surface area contributed by atoms with Crippen LogP contribution in [-0.2, 0) is 0 Å². The molecule has 2 amide bonds. The van der Waals surface area contributed by atoms with Crippen LogP contribution in [0.15, 0.2) is 41.7 Å². The van der Waals surface area contributed by atoms with E-state index in [1.165, 1.54) is 19.8 Å². The molecule has 26 heavy (non-hydrogen) atoms. The zero-order valence-electron chi connectivity index (χ0n) is 13.5. The normalized spacial score (nSPS) is 12.8. The van der Waals surface area contributed by atoms with Crippen LogP contribution in [0, 0.1) is 0 Å². The van der Waals surface area contributed by atoms with Crippen LogP contribution in [0.25, 0.3) is 11.4 Å². The van der Waals surface area contributed by atoms with Crippen LogP contribution >= 0.6 is 0 Å². The third kappa shape index (κ3) is 2.16. The highest BCUT2D eigenvalue weighted by Gasteiger charge is 2.32. The van der Waals surface area contributed by atoms with Gasteiger partial charge in [0.1, 0.15) is 24.2 Å². The number of hydrogen-bond acceptors (Lipinski definition) is 7. The number of anilines is 1. The fourth-order valence-corrected chi connectivity index (χ4v) is 2.88. The molecule has 0 spiro atoms. The number of benzene rings is 1. The Balaban J connectivity index is 2.01. The van der Waals surface area contributed by atoms with Gasteiger partial charge in [-0.1, -0.05) is 0 Å². The lowest BCUT2D eigenvalue weighted by Crippen LogP contribution is -2.24. The number of nitrogen functional groups attached to an aromatic ring is 1. The molecule has 0 bridgehead atoms. The van der Waals surface area contributed by atoms with E-state index in [1.807, 2.05) is 0 Å². The maximum atomic E-state index is 12.6. The predicted octanol–water partition coefficient (Wildman–Crippen LogP) is -0.107. The third-order valence-corrected chi connectivity index (χ3v) is 4.07. The minimum absolute atomic E-state index is 0.0358. The highest BCUT2D eigenvalue weighted by atomic mass is 16.5. The lowest BCUT2D eigenvalue weighted by atomic mass is 10.1. The number of rotatable bonds is 3. The average Bonchev–Trinajstić information content (AvgIpc) is 3.24. The molecule has 10 heteroatoms. The second-order valence-electron chi connectivity index (χ2n) is 5.50. The molecule has 0 unspecified atom stereocenters. The van der Waals surface area contributed by atoms with Crippen LogP contribution in [0.3, 0.4) is 0 Å². The van der Waals surface area contributed by atoms with Crippen LogP contribution in [0.1, 0.15) is 20.7 Å². The highest BCUT2D eigenvalue weighted by Crippen LogP contribution is 2.29. The van der Waals surface area contributed by atoms with E-state index in [0.29, 0.717) is 17.1 Å². The molecule has 130 valence electrons. The molecular weight excluding hydrogens is 340 g/mol. The van der Waals surface area contributed by atoms with Crippen molar-refractivity contribution in [1.82, 2.24) is 24.6 Å². The van der Waals surface area contributed by atoms with E-state index >= 15 is 0 Å². The Labute approximate surface area is 145 Å². The fraction of sp³-hybridized carbons (Fsp3) is 0.0625. The standard InChI is InChI=1S/C16H12N6O4/c1-26-11-3-2-8(21-6-18-19-7-21)4-10(11)22-12(23)5-9-13(14(22)17)16(25)20-15(9)24/h2-7H,17H2,1H3,(H,20,24,25). The Kier molecular flexibility index (Phi) is 3.32. The fourth-order valence-electron chi connectivity index (χ4n) is 2.88. The number of amides is 2. The molecule has 0 saturated carbocycles. The van der Waals surface area contributed by atoms with Crippen molar-refractivity contribution in [3.8, 4) is 17.1 Å². The number of fused-ring (bicyclic) bond motifs is 1. The number of carbonyl (C=O) groups excluding carboxylic acids is 2. The largest absolute Gasteiger partial charge is 0.495 e. The Hall–Kier alpha value is -3.95. The number of imide groups is 1. The summed E-state index contributed by atoms with van der Waals surface area (Å²) in [4.78, 5) is 36.4. The van der Waals surface area contributed by atoms with Gasteiger partial charge in [-0.3, -0.25) is 28.8 Å². The van der Waals surface area contributed by atoms with E-state index in [0.717, 1.165) is 10.6 Å². The van der Waals surface area contributed by atoms with Crippen molar-refractivity contribution in [2.24, 2.45) is 0 Å². The summed E-state index contributed by atoms with van der Waals surface area (Å²) in [5.41, 5.74) is 6.40. The second kappa shape index (κ2) is 5.55. The van der Waals surface area contributed by atoms with Crippen LogP contribution < -0.4 is 21.3 Å². The number of carbonyl (C=O) groups is 2. The number of aromatic nitrogens is 4. The molecule has 2 aromatic heterocycles. The van der Waals surface area contributed by atoms with Gasteiger partial charge in [0.25, 0.3) is 17.4 Å². The molecule has 1 aliphatic heterocycles. The van der Waals surface area contributed by atoms with Gasteiger partial charge >= 0.3 is 0 Å². The second-order valence-corrected chi connectivity index (χ2v) is 5.50. The van der Waals surface area contributed by atoms with E-state index in [4.69, 9.17) is 10.5 Å². The zero-order chi connectivity index (χ0) is 18.4. The number of nitrogens with two attached hydrogens (primary N) is 1. The molecule has 1 aliphatic rings. The van der Waals surface area contributed by atoms with Gasteiger partial charge in [0.15, 0.2) is 0 Å². The zero-order valence-corrected chi connectivity index (χ0v) is 13.5. The first kappa shape index (κ1) is 15.6. The van der Waals surface area contributed by atoms with Crippen LogP contribution in [-0.4, -0.2) is 38.3 Å². The summed E-state index contributed by atoms with van der Waals surface area (Å²) in [5.74, 6) is -1.08. The van der Waals surface area contributed by atoms with E-state index in [9.17, 15) is 14.4 Å². The van der Waals surface area contributed by atoms with Gasteiger partial charge in [0, 0.05) is 6.07 Å². The summed E-state index contributed by atoms with van der Waals surface area (Å²) in [5, 5.41) is 9.61. The molecule has 0 saturated heterocycles. The van der Waals surface area contributed by atoms with Gasteiger partial charge in [0.2, 0.25) is 0 Å². The van der Waals surface area contributed by atoms with Crippen molar-refractivity contribution in [1.29, 1.82) is 0 Å². The lowest BCUT2D eigenvalue weighted by molar-refractivity contribution is 0.0880. The first-order chi connectivity index (χ1) is 12.5. The van der Waals surface area contributed by atoms with Gasteiger partial charge < -0.3 is 10.5 Å². The number of nitrogens with one attached hydrogen (secondary N) is 1. The Bertz CT molecular complexity index is 1120. The molecule has 0 atom stereocenters. The number of ether oxygens (including phenoxy) is 1. The molecule has 0 aliphatic carbocycles. The van der Waals surface area contributed by atoms with Crippen LogP contribution in [0.2, 0.25) is 0 Å². The molecule has 3 aromatic rings. The molecule has 0 fully saturated rings. The van der Waals surface area contributed by atoms with E-state index in [2.05, 4.69) is 15.5 Å². The van der Waals surface area contributed by atoms with Gasteiger partial charge in [-0.2, -0.15) is 0 Å². The highest BCUT2D eigenvalue weighted by molar-refractivity contribution is 6.23. The summed E-state index contributed by atoms with van der Waals surface area (Å²) in [6.07, 6.45) is 2.99. The molecule has 3 N–H and O–H groups in total. The minimum atomic E-state index is -0.648.